The molecule has 1 aromatic carbocycles. The number of aryl methyl sites for hydroxylation is 1. The van der Waals surface area contributed by atoms with Crippen LogP contribution >= 0.6 is 0 Å². The van der Waals surface area contributed by atoms with Gasteiger partial charge in [0.1, 0.15) is 5.60 Å². The highest BCUT2D eigenvalue weighted by atomic mass is 16.6. The minimum absolute atomic E-state index is 0.169. The third-order valence-electron chi connectivity index (χ3n) is 4.00. The third-order valence-corrected chi connectivity index (χ3v) is 4.00. The lowest BCUT2D eigenvalue weighted by Crippen LogP contribution is -2.25. The maximum absolute atomic E-state index is 11.2. The molecule has 2 heterocycles. The lowest BCUT2D eigenvalue weighted by molar-refractivity contribution is -0.140. The van der Waals surface area contributed by atoms with Crippen molar-refractivity contribution in [3.63, 3.8) is 0 Å². The smallest absolute Gasteiger partial charge is 0.305 e. The van der Waals surface area contributed by atoms with Crippen LogP contribution in [0.15, 0.2) is 18.2 Å². The molecular formula is C15H18O4. The van der Waals surface area contributed by atoms with E-state index in [4.69, 9.17) is 9.47 Å². The van der Waals surface area contributed by atoms with Gasteiger partial charge in [-0.3, -0.25) is 4.79 Å². The number of carbonyl (C=O) groups is 1. The number of hydrogen-bond acceptors (Lipinski definition) is 4. The van der Waals surface area contributed by atoms with E-state index in [1.165, 1.54) is 18.2 Å². The number of benzene rings is 1. The summed E-state index contributed by atoms with van der Waals surface area (Å²) >= 11 is 0. The van der Waals surface area contributed by atoms with E-state index in [-0.39, 0.29) is 11.6 Å². The molecule has 0 amide bonds. The Kier molecular flexibility index (Phi) is 3.29. The fourth-order valence-electron chi connectivity index (χ4n) is 2.88. The first-order valence-corrected chi connectivity index (χ1v) is 6.64. The van der Waals surface area contributed by atoms with Gasteiger partial charge in [-0.15, -0.1) is 0 Å². The van der Waals surface area contributed by atoms with E-state index in [2.05, 4.69) is 22.9 Å². The first kappa shape index (κ1) is 12.6. The second-order valence-corrected chi connectivity index (χ2v) is 5.15. The van der Waals surface area contributed by atoms with Gasteiger partial charge in [-0.1, -0.05) is 18.2 Å². The van der Waals surface area contributed by atoms with Crippen molar-refractivity contribution < 1.29 is 19.0 Å². The standard InChI is InChI=1S/C15H18O4/c1-17-14(16)5-3-11-2-4-13-12(8-11)9-19-15(13)6-7-18-10-15/h2,4,8H,3,5-7,9-10H2,1H3. The van der Waals surface area contributed by atoms with Gasteiger partial charge in [0.2, 0.25) is 0 Å². The average molecular weight is 262 g/mol. The van der Waals surface area contributed by atoms with Gasteiger partial charge in [0.25, 0.3) is 0 Å². The summed E-state index contributed by atoms with van der Waals surface area (Å²) in [6, 6.07) is 6.35. The summed E-state index contributed by atoms with van der Waals surface area (Å²) in [7, 11) is 1.42. The fraction of sp³-hybridized carbons (Fsp3) is 0.533. The van der Waals surface area contributed by atoms with E-state index in [0.29, 0.717) is 26.1 Å². The predicted octanol–water partition coefficient (Wildman–Crippen LogP) is 1.94. The molecule has 102 valence electrons. The van der Waals surface area contributed by atoms with Gasteiger partial charge in [0, 0.05) is 19.4 Å². The Morgan fingerprint density at radius 1 is 1.47 bits per heavy atom. The van der Waals surface area contributed by atoms with Crippen LogP contribution in [0.1, 0.15) is 29.5 Å². The van der Waals surface area contributed by atoms with Gasteiger partial charge in [-0.2, -0.15) is 0 Å². The van der Waals surface area contributed by atoms with Gasteiger partial charge < -0.3 is 14.2 Å². The van der Waals surface area contributed by atoms with Crippen molar-refractivity contribution in [2.24, 2.45) is 0 Å². The Labute approximate surface area is 112 Å². The maximum atomic E-state index is 11.2. The average Bonchev–Trinajstić information content (AvgIpc) is 3.05. The molecule has 0 aromatic heterocycles. The van der Waals surface area contributed by atoms with Crippen LogP contribution in [0, 0.1) is 0 Å². The Balaban J connectivity index is 1.76. The van der Waals surface area contributed by atoms with E-state index < -0.39 is 0 Å². The van der Waals surface area contributed by atoms with Crippen molar-refractivity contribution in [3.8, 4) is 0 Å². The molecule has 4 nitrogen and oxygen atoms in total. The van der Waals surface area contributed by atoms with Gasteiger partial charge in [-0.25, -0.2) is 0 Å². The first-order chi connectivity index (χ1) is 9.23. The molecule has 0 radical (unpaired) electrons. The number of fused-ring (bicyclic) bond motifs is 2. The molecule has 2 aliphatic heterocycles. The van der Waals surface area contributed by atoms with E-state index >= 15 is 0 Å². The fourth-order valence-corrected chi connectivity index (χ4v) is 2.88. The van der Waals surface area contributed by atoms with Crippen LogP contribution in [0.4, 0.5) is 0 Å². The molecule has 1 unspecified atom stereocenters. The predicted molar refractivity (Wildman–Crippen MR) is 68.7 cm³/mol. The van der Waals surface area contributed by atoms with Crippen molar-refractivity contribution in [3.05, 3.63) is 34.9 Å². The number of carbonyl (C=O) groups excluding carboxylic acids is 1. The second kappa shape index (κ2) is 4.94. The molecule has 1 aromatic rings. The van der Waals surface area contributed by atoms with E-state index in [1.54, 1.807) is 0 Å². The molecule has 19 heavy (non-hydrogen) atoms. The molecule has 1 atom stereocenters. The summed E-state index contributed by atoms with van der Waals surface area (Å²) in [5.41, 5.74) is 3.43. The molecule has 0 N–H and O–H groups in total. The van der Waals surface area contributed by atoms with Crippen LogP contribution < -0.4 is 0 Å². The van der Waals surface area contributed by atoms with Gasteiger partial charge in [0.05, 0.1) is 20.3 Å². The summed E-state index contributed by atoms with van der Waals surface area (Å²) in [4.78, 5) is 11.2. The minimum Gasteiger partial charge on any atom is -0.469 e. The Morgan fingerprint density at radius 2 is 2.37 bits per heavy atom. The second-order valence-electron chi connectivity index (χ2n) is 5.15. The monoisotopic (exact) mass is 262 g/mol. The molecule has 0 saturated carbocycles. The van der Waals surface area contributed by atoms with Crippen molar-refractivity contribution in [1.82, 2.24) is 0 Å². The summed E-state index contributed by atoms with van der Waals surface area (Å²) in [6.45, 7) is 2.07. The number of esters is 1. The topological polar surface area (TPSA) is 44.8 Å². The van der Waals surface area contributed by atoms with Gasteiger partial charge >= 0.3 is 5.97 Å². The highest BCUT2D eigenvalue weighted by Gasteiger charge is 2.43. The van der Waals surface area contributed by atoms with E-state index in [9.17, 15) is 4.79 Å². The third kappa shape index (κ3) is 2.26. The molecule has 0 aliphatic carbocycles. The van der Waals surface area contributed by atoms with Crippen LogP contribution in [0.25, 0.3) is 0 Å². The van der Waals surface area contributed by atoms with Gasteiger partial charge in [-0.05, 0) is 23.1 Å². The van der Waals surface area contributed by atoms with Crippen molar-refractivity contribution >= 4 is 5.97 Å². The van der Waals surface area contributed by atoms with E-state index in [0.717, 1.165) is 18.6 Å². The van der Waals surface area contributed by atoms with Gasteiger partial charge in [0.15, 0.2) is 0 Å². The Bertz CT molecular complexity index is 489. The molecule has 0 bridgehead atoms. The zero-order chi connectivity index (χ0) is 13.3. The summed E-state index contributed by atoms with van der Waals surface area (Å²) in [5.74, 6) is -0.169. The van der Waals surface area contributed by atoms with Crippen molar-refractivity contribution in [2.45, 2.75) is 31.5 Å². The molecule has 2 aliphatic rings. The number of hydrogen-bond donors (Lipinski definition) is 0. The minimum atomic E-state index is -0.212. The molecular weight excluding hydrogens is 244 g/mol. The highest BCUT2D eigenvalue weighted by Crippen LogP contribution is 2.42. The highest BCUT2D eigenvalue weighted by molar-refractivity contribution is 5.69. The summed E-state index contributed by atoms with van der Waals surface area (Å²) in [5, 5.41) is 0. The molecule has 1 spiro atoms. The summed E-state index contributed by atoms with van der Waals surface area (Å²) in [6.07, 6.45) is 2.06. The SMILES string of the molecule is COC(=O)CCc1ccc2c(c1)COC21CCOC1. The Morgan fingerprint density at radius 3 is 3.11 bits per heavy atom. The lowest BCUT2D eigenvalue weighted by Gasteiger charge is -2.21. The number of ether oxygens (including phenoxy) is 3. The largest absolute Gasteiger partial charge is 0.469 e. The summed E-state index contributed by atoms with van der Waals surface area (Å²) < 4.78 is 16.1. The van der Waals surface area contributed by atoms with Crippen LogP contribution in [0.5, 0.6) is 0 Å². The normalized spacial score (nSPS) is 24.7. The van der Waals surface area contributed by atoms with Crippen LogP contribution in [-0.2, 0) is 37.6 Å². The van der Waals surface area contributed by atoms with Crippen LogP contribution in [0.2, 0.25) is 0 Å². The Hall–Kier alpha value is -1.39. The molecule has 3 rings (SSSR count). The zero-order valence-corrected chi connectivity index (χ0v) is 11.1. The number of rotatable bonds is 3. The maximum Gasteiger partial charge on any atom is 0.305 e. The van der Waals surface area contributed by atoms with Crippen molar-refractivity contribution in [1.29, 1.82) is 0 Å². The van der Waals surface area contributed by atoms with Crippen molar-refractivity contribution in [2.75, 3.05) is 20.3 Å². The molecule has 1 fully saturated rings. The molecule has 1 saturated heterocycles. The molecule has 4 heteroatoms. The van der Waals surface area contributed by atoms with E-state index in [1.807, 2.05) is 0 Å². The van der Waals surface area contributed by atoms with Crippen LogP contribution in [-0.4, -0.2) is 26.3 Å². The number of methoxy groups -OCH3 is 1. The quantitative estimate of drug-likeness (QED) is 0.781. The van der Waals surface area contributed by atoms with Crippen LogP contribution in [0.3, 0.4) is 0 Å². The first-order valence-electron chi connectivity index (χ1n) is 6.64. The zero-order valence-electron chi connectivity index (χ0n) is 11.1. The lowest BCUT2D eigenvalue weighted by atomic mass is 9.90.